The molecule has 1 amide bonds. The van der Waals surface area contributed by atoms with Crippen molar-refractivity contribution in [3.63, 3.8) is 0 Å². The van der Waals surface area contributed by atoms with Crippen molar-refractivity contribution in [2.45, 2.75) is 19.4 Å². The van der Waals surface area contributed by atoms with Crippen molar-refractivity contribution >= 4 is 17.4 Å². The maximum Gasteiger partial charge on any atom is 0.295 e. The molecule has 0 radical (unpaired) electrons. The Hall–Kier alpha value is -3.23. The van der Waals surface area contributed by atoms with E-state index in [4.69, 9.17) is 9.47 Å². The van der Waals surface area contributed by atoms with Crippen LogP contribution in [0.25, 0.3) is 5.76 Å². The second-order valence-electron chi connectivity index (χ2n) is 8.04. The molecule has 8 nitrogen and oxygen atoms in total. The minimum absolute atomic E-state index is 0.0891. The third-order valence-corrected chi connectivity index (χ3v) is 5.96. The number of rotatable bonds is 8. The lowest BCUT2D eigenvalue weighted by Crippen LogP contribution is -2.38. The maximum absolute atomic E-state index is 13.1. The van der Waals surface area contributed by atoms with Crippen molar-refractivity contribution in [2.75, 3.05) is 46.0 Å². The van der Waals surface area contributed by atoms with Gasteiger partial charge in [0.1, 0.15) is 11.5 Å². The highest BCUT2D eigenvalue weighted by molar-refractivity contribution is 6.46. The predicted molar refractivity (Wildman–Crippen MR) is 123 cm³/mol. The third-order valence-electron chi connectivity index (χ3n) is 5.96. The van der Waals surface area contributed by atoms with E-state index in [9.17, 15) is 14.7 Å². The number of aliphatic hydroxyl groups excluding tert-OH is 1. The predicted octanol–water partition coefficient (Wildman–Crippen LogP) is 2.62. The minimum Gasteiger partial charge on any atom is -0.507 e. The Morgan fingerprint density at radius 3 is 2.64 bits per heavy atom. The number of ether oxygens (including phenoxy) is 2. The van der Waals surface area contributed by atoms with Crippen LogP contribution in [0.5, 0.6) is 5.75 Å². The number of nitrogens with zero attached hydrogens (tertiary/aromatic N) is 3. The van der Waals surface area contributed by atoms with Crippen molar-refractivity contribution in [1.29, 1.82) is 0 Å². The van der Waals surface area contributed by atoms with E-state index >= 15 is 0 Å². The first-order valence-electron chi connectivity index (χ1n) is 11.3. The summed E-state index contributed by atoms with van der Waals surface area (Å²) in [4.78, 5) is 34.0. The zero-order chi connectivity index (χ0) is 23.2. The summed E-state index contributed by atoms with van der Waals surface area (Å²) in [5, 5.41) is 11.1. The molecule has 2 aliphatic rings. The molecule has 3 heterocycles. The number of carbonyl (C=O) groups is 2. The molecule has 0 spiro atoms. The number of aliphatic hydroxyl groups is 1. The lowest BCUT2D eigenvalue weighted by Gasteiger charge is -2.29. The third kappa shape index (κ3) is 5.07. The van der Waals surface area contributed by atoms with Crippen molar-refractivity contribution in [2.24, 2.45) is 0 Å². The van der Waals surface area contributed by atoms with E-state index in [0.717, 1.165) is 25.2 Å². The summed E-state index contributed by atoms with van der Waals surface area (Å²) in [7, 11) is 0. The lowest BCUT2D eigenvalue weighted by molar-refractivity contribution is -0.140. The molecule has 33 heavy (non-hydrogen) atoms. The molecule has 1 N–H and O–H groups in total. The van der Waals surface area contributed by atoms with Gasteiger partial charge in [-0.15, -0.1) is 0 Å². The number of aromatic nitrogens is 1. The van der Waals surface area contributed by atoms with Gasteiger partial charge in [0.05, 0.1) is 31.4 Å². The highest BCUT2D eigenvalue weighted by Crippen LogP contribution is 2.40. The fourth-order valence-electron chi connectivity index (χ4n) is 4.35. The number of amides is 1. The van der Waals surface area contributed by atoms with E-state index in [1.54, 1.807) is 17.0 Å². The van der Waals surface area contributed by atoms with E-state index in [1.165, 1.54) is 12.4 Å². The minimum atomic E-state index is -0.691. The van der Waals surface area contributed by atoms with Gasteiger partial charge in [-0.25, -0.2) is 0 Å². The van der Waals surface area contributed by atoms with Gasteiger partial charge in [0, 0.05) is 44.1 Å². The standard InChI is InChI=1S/C25H29N3O5/c1-2-33-20-6-3-5-19(17-20)22-21(23(29)18-7-9-26-10-8-18)24(30)25(31)28(22)12-4-11-27-13-15-32-16-14-27/h3,5-10,17,22,29H,2,4,11-16H2,1H3. The van der Waals surface area contributed by atoms with Crippen LogP contribution in [0.4, 0.5) is 0 Å². The van der Waals surface area contributed by atoms with Crippen LogP contribution >= 0.6 is 0 Å². The smallest absolute Gasteiger partial charge is 0.295 e. The molecular weight excluding hydrogens is 422 g/mol. The van der Waals surface area contributed by atoms with E-state index < -0.39 is 17.7 Å². The molecule has 174 valence electrons. The van der Waals surface area contributed by atoms with E-state index in [-0.39, 0.29) is 11.3 Å². The molecule has 0 bridgehead atoms. The Balaban J connectivity index is 1.67. The Morgan fingerprint density at radius 2 is 1.91 bits per heavy atom. The molecular formula is C25H29N3O5. The molecule has 2 saturated heterocycles. The van der Waals surface area contributed by atoms with Crippen molar-refractivity contribution in [3.8, 4) is 5.75 Å². The fourth-order valence-corrected chi connectivity index (χ4v) is 4.35. The molecule has 2 fully saturated rings. The van der Waals surface area contributed by atoms with Crippen LogP contribution in [0.15, 0.2) is 54.4 Å². The van der Waals surface area contributed by atoms with Crippen LogP contribution in [0, 0.1) is 0 Å². The highest BCUT2D eigenvalue weighted by Gasteiger charge is 2.45. The lowest BCUT2D eigenvalue weighted by atomic mass is 9.95. The Labute approximate surface area is 193 Å². The normalized spacial score (nSPS) is 20.9. The van der Waals surface area contributed by atoms with Gasteiger partial charge >= 0.3 is 0 Å². The number of pyridine rings is 1. The zero-order valence-electron chi connectivity index (χ0n) is 18.8. The number of Topliss-reactive ketones (excluding diaryl/α,β-unsaturated/α-hetero) is 1. The van der Waals surface area contributed by atoms with E-state index in [0.29, 0.717) is 44.1 Å². The first-order valence-corrected chi connectivity index (χ1v) is 11.3. The second kappa shape index (κ2) is 10.6. The molecule has 4 rings (SSSR count). The van der Waals surface area contributed by atoms with Gasteiger partial charge in [0.25, 0.3) is 11.7 Å². The Bertz CT molecular complexity index is 1020. The fraction of sp³-hybridized carbons (Fsp3) is 0.400. The van der Waals surface area contributed by atoms with Gasteiger partial charge in [0.2, 0.25) is 0 Å². The van der Waals surface area contributed by atoms with Crippen molar-refractivity contribution in [1.82, 2.24) is 14.8 Å². The van der Waals surface area contributed by atoms with Crippen LogP contribution in [0.1, 0.15) is 30.5 Å². The van der Waals surface area contributed by atoms with E-state index in [2.05, 4.69) is 9.88 Å². The largest absolute Gasteiger partial charge is 0.507 e. The van der Waals surface area contributed by atoms with Gasteiger partial charge in [-0.1, -0.05) is 12.1 Å². The zero-order valence-corrected chi connectivity index (χ0v) is 18.8. The maximum atomic E-state index is 13.1. The molecule has 1 aromatic carbocycles. The number of hydrogen-bond donors (Lipinski definition) is 1. The van der Waals surface area contributed by atoms with Gasteiger partial charge < -0.3 is 19.5 Å². The molecule has 8 heteroatoms. The quantitative estimate of drug-likeness (QED) is 0.375. The van der Waals surface area contributed by atoms with E-state index in [1.807, 2.05) is 31.2 Å². The number of likely N-dealkylation sites (tertiary alicyclic amines) is 1. The molecule has 1 aromatic heterocycles. The highest BCUT2D eigenvalue weighted by atomic mass is 16.5. The Kier molecular flexibility index (Phi) is 7.36. The molecule has 2 aliphatic heterocycles. The number of carbonyl (C=O) groups excluding carboxylic acids is 2. The molecule has 0 saturated carbocycles. The van der Waals surface area contributed by atoms with Gasteiger partial charge in [-0.05, 0) is 43.2 Å². The summed E-state index contributed by atoms with van der Waals surface area (Å²) in [6, 6.07) is 9.90. The van der Waals surface area contributed by atoms with Crippen LogP contribution in [-0.4, -0.2) is 77.6 Å². The first kappa shape index (κ1) is 22.9. The SMILES string of the molecule is CCOc1cccc(C2C(=C(O)c3ccncc3)C(=O)C(=O)N2CCCN2CCOCC2)c1. The topological polar surface area (TPSA) is 92.2 Å². The van der Waals surface area contributed by atoms with Crippen LogP contribution in [-0.2, 0) is 14.3 Å². The van der Waals surface area contributed by atoms with Gasteiger partial charge in [0.15, 0.2) is 0 Å². The number of benzene rings is 1. The van der Waals surface area contributed by atoms with Gasteiger partial charge in [-0.2, -0.15) is 0 Å². The second-order valence-corrected chi connectivity index (χ2v) is 8.04. The number of morpholine rings is 1. The van der Waals surface area contributed by atoms with Crippen LogP contribution in [0.3, 0.4) is 0 Å². The summed E-state index contributed by atoms with van der Waals surface area (Å²) in [5.74, 6) is -0.821. The average Bonchev–Trinajstić information content (AvgIpc) is 3.10. The molecule has 1 atom stereocenters. The van der Waals surface area contributed by atoms with Crippen molar-refractivity contribution in [3.05, 3.63) is 65.5 Å². The number of ketones is 1. The Morgan fingerprint density at radius 1 is 1.15 bits per heavy atom. The molecule has 2 aromatic rings. The van der Waals surface area contributed by atoms with Crippen molar-refractivity contribution < 1.29 is 24.2 Å². The summed E-state index contributed by atoms with van der Waals surface area (Å²) >= 11 is 0. The summed E-state index contributed by atoms with van der Waals surface area (Å²) in [5.41, 5.74) is 1.26. The molecule has 1 unspecified atom stereocenters. The number of hydrogen-bond acceptors (Lipinski definition) is 7. The summed E-state index contributed by atoms with van der Waals surface area (Å²) in [6.45, 7) is 6.75. The molecule has 0 aliphatic carbocycles. The first-order chi connectivity index (χ1) is 16.1. The monoisotopic (exact) mass is 451 g/mol. The average molecular weight is 452 g/mol. The van der Waals surface area contributed by atoms with Crippen LogP contribution < -0.4 is 4.74 Å². The summed E-state index contributed by atoms with van der Waals surface area (Å²) < 4.78 is 11.0. The van der Waals surface area contributed by atoms with Gasteiger partial charge in [-0.3, -0.25) is 19.5 Å². The summed E-state index contributed by atoms with van der Waals surface area (Å²) in [6.07, 6.45) is 3.79. The van der Waals surface area contributed by atoms with Crippen LogP contribution in [0.2, 0.25) is 0 Å².